The normalized spacial score (nSPS) is 12.0. The molecule has 0 aliphatic heterocycles. The van der Waals surface area contributed by atoms with Crippen molar-refractivity contribution in [2.75, 3.05) is 0 Å². The van der Waals surface area contributed by atoms with Crippen molar-refractivity contribution < 1.29 is 4.70 Å². The summed E-state index contributed by atoms with van der Waals surface area (Å²) in [5.74, 6) is 0. The number of hydrogen-bond acceptors (Lipinski definition) is 0. The molecule has 0 unspecified atom stereocenters. The van der Waals surface area contributed by atoms with Gasteiger partial charge in [0.2, 0.25) is 0 Å². The van der Waals surface area contributed by atoms with Crippen LogP contribution >= 0.6 is 0 Å². The molecule has 0 radical (unpaired) electrons. The molecule has 67 heavy (non-hydrogen) atoms. The van der Waals surface area contributed by atoms with E-state index in [4.69, 9.17) is 0 Å². The van der Waals surface area contributed by atoms with Gasteiger partial charge in [0.1, 0.15) is 0 Å². The first-order valence-electron chi connectivity index (χ1n) is 23.5. The van der Waals surface area contributed by atoms with Crippen molar-refractivity contribution >= 4 is 97.0 Å². The first-order chi connectivity index (χ1) is 32.8. The van der Waals surface area contributed by atoms with Crippen molar-refractivity contribution in [1.29, 1.82) is 0 Å². The van der Waals surface area contributed by atoms with Crippen molar-refractivity contribution in [1.82, 2.24) is 0 Å². The molecular formula is C66H44F-. The van der Waals surface area contributed by atoms with Crippen LogP contribution in [0.5, 0.6) is 0 Å². The molecule has 0 N–H and O–H groups in total. The maximum Gasteiger partial charge on any atom is -0.00132 e. The van der Waals surface area contributed by atoms with Crippen LogP contribution in [0.2, 0.25) is 0 Å². The molecule has 1 heteroatoms. The molecule has 14 aromatic rings. The fourth-order valence-corrected chi connectivity index (χ4v) is 12.3. The Labute approximate surface area is 388 Å². The van der Waals surface area contributed by atoms with Gasteiger partial charge in [-0.2, -0.15) is 0 Å². The molecule has 14 rings (SSSR count). The Morgan fingerprint density at radius 3 is 0.716 bits per heavy atom. The first kappa shape index (κ1) is 39.3. The van der Waals surface area contributed by atoms with Gasteiger partial charge in [0.15, 0.2) is 0 Å². The summed E-state index contributed by atoms with van der Waals surface area (Å²) in [4.78, 5) is 0. The third-order valence-corrected chi connectivity index (χ3v) is 14.9. The van der Waals surface area contributed by atoms with Gasteiger partial charge in [-0.15, -0.1) is 0 Å². The number of hydrogen-bond donors (Lipinski definition) is 0. The van der Waals surface area contributed by atoms with Crippen molar-refractivity contribution in [2.45, 2.75) is 25.7 Å². The topological polar surface area (TPSA) is 0 Å². The van der Waals surface area contributed by atoms with Gasteiger partial charge in [-0.3, -0.25) is 0 Å². The molecule has 0 bridgehead atoms. The molecule has 0 amide bonds. The molecule has 0 aromatic heterocycles. The highest BCUT2D eigenvalue weighted by Crippen LogP contribution is 2.52. The van der Waals surface area contributed by atoms with Gasteiger partial charge >= 0.3 is 0 Å². The van der Waals surface area contributed by atoms with E-state index in [0.29, 0.717) is 0 Å². The molecule has 0 nitrogen and oxygen atoms in total. The molecule has 0 heterocycles. The van der Waals surface area contributed by atoms with E-state index >= 15 is 0 Å². The Morgan fingerprint density at radius 1 is 0.179 bits per heavy atom. The quantitative estimate of drug-likeness (QED) is 0.134. The molecule has 0 aliphatic rings. The van der Waals surface area contributed by atoms with E-state index < -0.39 is 0 Å². The van der Waals surface area contributed by atoms with Crippen molar-refractivity contribution in [3.05, 3.63) is 263 Å². The molecule has 0 spiro atoms. The third-order valence-electron chi connectivity index (χ3n) is 14.9. The number of rotatable bonds is 8. The lowest BCUT2D eigenvalue weighted by atomic mass is 9.87. The van der Waals surface area contributed by atoms with Crippen LogP contribution in [0.25, 0.3) is 97.0 Å². The summed E-state index contributed by atoms with van der Waals surface area (Å²) < 4.78 is 0. The molecule has 0 saturated heterocycles. The third kappa shape index (κ3) is 5.98. The number of halogens is 1. The number of fused-ring (bicyclic) bond motifs is 11. The van der Waals surface area contributed by atoms with Gasteiger partial charge < -0.3 is 4.70 Å². The maximum atomic E-state index is 2.60. The second-order valence-electron chi connectivity index (χ2n) is 18.6. The molecule has 0 atom stereocenters. The highest BCUT2D eigenvalue weighted by molar-refractivity contribution is 6.43. The van der Waals surface area contributed by atoms with Crippen LogP contribution in [-0.2, 0) is 25.7 Å². The zero-order valence-electron chi connectivity index (χ0n) is 37.0. The van der Waals surface area contributed by atoms with Crippen LogP contribution in [0.4, 0.5) is 0 Å². The Balaban J connectivity index is 0.00000446. The maximum absolute atomic E-state index is 2.60. The molecule has 0 aliphatic carbocycles. The second kappa shape index (κ2) is 15.5. The van der Waals surface area contributed by atoms with Gasteiger partial charge in [0.05, 0.1) is 0 Å². The summed E-state index contributed by atoms with van der Waals surface area (Å²) in [5.41, 5.74) is 11.0. The van der Waals surface area contributed by atoms with E-state index in [1.165, 1.54) is 141 Å². The lowest BCUT2D eigenvalue weighted by Gasteiger charge is -2.16. The highest BCUT2D eigenvalue weighted by Gasteiger charge is 2.27. The standard InChI is InChI=1S/C66H44.FH/c1-5-19-41(20-6-1)35-55-45-27-13-15-29-47(45)57(37-43-23-9-3-10-24-43)65-59-39-53-50-32-18-34-52-62(50)60(40-54(53)49-31-17-33-51(61(49)59)63(55)65)66-58(38-44-25-11-4-12-26-44)48-30-16-14-28-46(48)56(64(52)66)36-42-21-7-2-8-22-42;/h1-34,39-40H,35-38H2;1H/p-1. The minimum atomic E-state index is 0. The van der Waals surface area contributed by atoms with Crippen LogP contribution in [0.15, 0.2) is 218 Å². The predicted octanol–water partition coefficient (Wildman–Crippen LogP) is 14.3. The molecule has 14 aromatic carbocycles. The fraction of sp³-hybridized carbons (Fsp3) is 0.0606. The van der Waals surface area contributed by atoms with E-state index in [0.717, 1.165) is 25.7 Å². The van der Waals surface area contributed by atoms with Crippen molar-refractivity contribution in [2.24, 2.45) is 0 Å². The average molecular weight is 856 g/mol. The minimum Gasteiger partial charge on any atom is -1.00 e. The van der Waals surface area contributed by atoms with Crippen LogP contribution in [0, 0.1) is 0 Å². The van der Waals surface area contributed by atoms with Crippen molar-refractivity contribution in [3.8, 4) is 0 Å². The van der Waals surface area contributed by atoms with E-state index in [9.17, 15) is 0 Å². The monoisotopic (exact) mass is 855 g/mol. The van der Waals surface area contributed by atoms with E-state index in [-0.39, 0.29) is 4.70 Å². The van der Waals surface area contributed by atoms with Crippen molar-refractivity contribution in [3.63, 3.8) is 0 Å². The Kier molecular flexibility index (Phi) is 9.08. The first-order valence-corrected chi connectivity index (χ1v) is 23.5. The summed E-state index contributed by atoms with van der Waals surface area (Å²) >= 11 is 0. The average Bonchev–Trinajstić information content (AvgIpc) is 3.89. The molecule has 0 fully saturated rings. The molecule has 0 saturated carbocycles. The van der Waals surface area contributed by atoms with Crippen LogP contribution in [-0.4, -0.2) is 0 Å². The zero-order valence-corrected chi connectivity index (χ0v) is 37.0. The van der Waals surface area contributed by atoms with E-state index in [2.05, 4.69) is 218 Å². The summed E-state index contributed by atoms with van der Waals surface area (Å²) in [6, 6.07) is 82.2. The Bertz CT molecular complexity index is 3900. The summed E-state index contributed by atoms with van der Waals surface area (Å²) in [6.07, 6.45) is 3.47. The van der Waals surface area contributed by atoms with Crippen LogP contribution in [0.1, 0.15) is 44.5 Å². The lowest BCUT2D eigenvalue weighted by molar-refractivity contribution is -0.0000121. The Morgan fingerprint density at radius 2 is 0.418 bits per heavy atom. The number of benzene rings is 12. The van der Waals surface area contributed by atoms with Gasteiger partial charge in [-0.1, -0.05) is 206 Å². The fourth-order valence-electron chi connectivity index (χ4n) is 12.3. The summed E-state index contributed by atoms with van der Waals surface area (Å²) in [5, 5.41) is 24.6. The molecular weight excluding hydrogens is 812 g/mol. The predicted molar refractivity (Wildman–Crippen MR) is 283 cm³/mol. The second-order valence-corrected chi connectivity index (χ2v) is 18.6. The lowest BCUT2D eigenvalue weighted by Crippen LogP contribution is -3.00. The van der Waals surface area contributed by atoms with Gasteiger partial charge in [0, 0.05) is 0 Å². The SMILES string of the molecule is [F-].c1ccc(Cc2c3ccccc3c(Cc3ccccc3)c3c4cc5c(cc6c7c(Cc8ccccc8)c8ccccc8c(Cc8ccccc8)c7c7cccc5c76)c5cccc(c23)c54)cc1. The van der Waals surface area contributed by atoms with Gasteiger partial charge in [-0.25, -0.2) is 0 Å². The Hall–Kier alpha value is -8.13. The van der Waals surface area contributed by atoms with Crippen LogP contribution in [0.3, 0.4) is 0 Å². The smallest absolute Gasteiger partial charge is 0.00132 e. The zero-order chi connectivity index (χ0) is 43.3. The molecule has 316 valence electrons. The van der Waals surface area contributed by atoms with Crippen LogP contribution < -0.4 is 4.70 Å². The van der Waals surface area contributed by atoms with E-state index in [1.54, 1.807) is 0 Å². The van der Waals surface area contributed by atoms with E-state index in [1.807, 2.05) is 0 Å². The summed E-state index contributed by atoms with van der Waals surface area (Å²) in [7, 11) is 0. The highest BCUT2D eigenvalue weighted by atomic mass is 19.0. The summed E-state index contributed by atoms with van der Waals surface area (Å²) in [6.45, 7) is 0. The largest absolute Gasteiger partial charge is 1.00 e. The van der Waals surface area contributed by atoms with Gasteiger partial charge in [-0.05, 0) is 179 Å². The van der Waals surface area contributed by atoms with Gasteiger partial charge in [0.25, 0.3) is 0 Å². The minimum absolute atomic E-state index is 0.